The van der Waals surface area contributed by atoms with Gasteiger partial charge in [-0.25, -0.2) is 9.97 Å². The van der Waals surface area contributed by atoms with Crippen LogP contribution in [0.25, 0.3) is 5.82 Å². The molecule has 0 aliphatic carbocycles. The Balaban J connectivity index is 1.87. The van der Waals surface area contributed by atoms with Crippen molar-refractivity contribution in [3.63, 3.8) is 0 Å². The Morgan fingerprint density at radius 1 is 1.45 bits per heavy atom. The zero-order valence-corrected chi connectivity index (χ0v) is 12.7. The molecule has 1 aliphatic heterocycles. The van der Waals surface area contributed by atoms with E-state index < -0.39 is 0 Å². The number of likely N-dealkylation sites (tertiary alicyclic amines) is 1. The zero-order valence-electron chi connectivity index (χ0n) is 12.7. The van der Waals surface area contributed by atoms with Crippen LogP contribution in [-0.4, -0.2) is 44.5 Å². The number of imidazole rings is 1. The van der Waals surface area contributed by atoms with Crippen LogP contribution in [0.15, 0.2) is 37.1 Å². The second kappa shape index (κ2) is 6.27. The predicted octanol–water partition coefficient (Wildman–Crippen LogP) is 1.47. The van der Waals surface area contributed by atoms with E-state index in [1.165, 1.54) is 0 Å². The summed E-state index contributed by atoms with van der Waals surface area (Å²) in [6.07, 6.45) is 8.98. The highest BCUT2D eigenvalue weighted by Crippen LogP contribution is 2.24. The topological polar surface area (TPSA) is 77.0 Å². The van der Waals surface area contributed by atoms with Crippen LogP contribution in [0.5, 0.6) is 0 Å². The summed E-state index contributed by atoms with van der Waals surface area (Å²) >= 11 is 0. The van der Waals surface area contributed by atoms with E-state index in [1.54, 1.807) is 35.4 Å². The van der Waals surface area contributed by atoms with Crippen LogP contribution in [0.1, 0.15) is 30.1 Å². The molecule has 0 bridgehead atoms. The average molecular weight is 299 g/mol. The van der Waals surface area contributed by atoms with Crippen molar-refractivity contribution in [2.45, 2.75) is 25.8 Å². The quantitative estimate of drug-likeness (QED) is 0.931. The molecule has 1 amide bonds. The van der Waals surface area contributed by atoms with Gasteiger partial charge < -0.3 is 10.6 Å². The maximum absolute atomic E-state index is 12.9. The average Bonchev–Trinajstić information content (AvgIpc) is 3.08. The number of nitrogens with two attached hydrogens (primary N) is 1. The monoisotopic (exact) mass is 299 g/mol. The molecule has 2 atom stereocenters. The van der Waals surface area contributed by atoms with Gasteiger partial charge in [0.05, 0.1) is 0 Å². The van der Waals surface area contributed by atoms with E-state index in [-0.39, 0.29) is 11.9 Å². The predicted molar refractivity (Wildman–Crippen MR) is 83.6 cm³/mol. The highest BCUT2D eigenvalue weighted by atomic mass is 16.2. The van der Waals surface area contributed by atoms with E-state index in [0.717, 1.165) is 19.4 Å². The van der Waals surface area contributed by atoms with Crippen LogP contribution in [0, 0.1) is 5.92 Å². The van der Waals surface area contributed by atoms with Gasteiger partial charge in [0, 0.05) is 43.3 Å². The fourth-order valence-electron chi connectivity index (χ4n) is 3.11. The van der Waals surface area contributed by atoms with Gasteiger partial charge >= 0.3 is 0 Å². The number of carbonyl (C=O) groups is 1. The molecule has 22 heavy (non-hydrogen) atoms. The van der Waals surface area contributed by atoms with Crippen LogP contribution in [-0.2, 0) is 0 Å². The fraction of sp³-hybridized carbons (Fsp3) is 0.438. The van der Waals surface area contributed by atoms with Gasteiger partial charge in [-0.05, 0) is 30.9 Å². The van der Waals surface area contributed by atoms with Gasteiger partial charge in [0.1, 0.15) is 12.1 Å². The van der Waals surface area contributed by atoms with E-state index >= 15 is 0 Å². The van der Waals surface area contributed by atoms with Gasteiger partial charge in [-0.15, -0.1) is 0 Å². The van der Waals surface area contributed by atoms with Gasteiger partial charge in [-0.1, -0.05) is 6.92 Å². The zero-order chi connectivity index (χ0) is 15.5. The van der Waals surface area contributed by atoms with Gasteiger partial charge in [-0.3, -0.25) is 9.36 Å². The highest BCUT2D eigenvalue weighted by Gasteiger charge is 2.31. The van der Waals surface area contributed by atoms with Crippen LogP contribution in [0.2, 0.25) is 0 Å². The second-order valence-corrected chi connectivity index (χ2v) is 5.79. The lowest BCUT2D eigenvalue weighted by Gasteiger charge is -2.39. The lowest BCUT2D eigenvalue weighted by Crippen LogP contribution is -2.51. The van der Waals surface area contributed by atoms with E-state index in [4.69, 9.17) is 5.73 Å². The Kier molecular flexibility index (Phi) is 4.20. The minimum Gasteiger partial charge on any atom is -0.334 e. The molecule has 0 radical (unpaired) electrons. The molecule has 1 saturated heterocycles. The van der Waals surface area contributed by atoms with Gasteiger partial charge in [0.15, 0.2) is 0 Å². The molecule has 3 heterocycles. The lowest BCUT2D eigenvalue weighted by molar-refractivity contribution is 0.0532. The van der Waals surface area contributed by atoms with Crippen LogP contribution < -0.4 is 5.73 Å². The molecule has 116 valence electrons. The summed E-state index contributed by atoms with van der Waals surface area (Å²) in [5.41, 5.74) is 6.53. The van der Waals surface area contributed by atoms with E-state index in [2.05, 4.69) is 16.9 Å². The summed E-state index contributed by atoms with van der Waals surface area (Å²) in [6.45, 7) is 3.45. The molecule has 2 aromatic heterocycles. The van der Waals surface area contributed by atoms with Crippen molar-refractivity contribution < 1.29 is 4.79 Å². The van der Waals surface area contributed by atoms with E-state index in [0.29, 0.717) is 23.8 Å². The Labute approximate surface area is 130 Å². The molecule has 2 aromatic rings. The molecule has 6 nitrogen and oxygen atoms in total. The summed E-state index contributed by atoms with van der Waals surface area (Å²) in [6, 6.07) is 3.68. The van der Waals surface area contributed by atoms with Gasteiger partial charge in [0.25, 0.3) is 5.91 Å². The molecular weight excluding hydrogens is 278 g/mol. The fourth-order valence-corrected chi connectivity index (χ4v) is 3.11. The lowest BCUT2D eigenvalue weighted by atomic mass is 9.90. The van der Waals surface area contributed by atoms with Crippen molar-refractivity contribution in [2.24, 2.45) is 11.7 Å². The normalized spacial score (nSPS) is 21.8. The minimum atomic E-state index is 0.0331. The summed E-state index contributed by atoms with van der Waals surface area (Å²) < 4.78 is 1.79. The smallest absolute Gasteiger partial charge is 0.254 e. The molecule has 1 fully saturated rings. The summed E-state index contributed by atoms with van der Waals surface area (Å²) in [5, 5.41) is 0. The third-order valence-electron chi connectivity index (χ3n) is 4.38. The second-order valence-electron chi connectivity index (χ2n) is 5.79. The molecule has 0 spiro atoms. The Morgan fingerprint density at radius 2 is 2.32 bits per heavy atom. The SMILES string of the molecule is CC1CCCN(C(=O)c2ccnc(-n3ccnc3)c2)C1CN. The summed E-state index contributed by atoms with van der Waals surface area (Å²) in [5.74, 6) is 1.17. The first-order valence-corrected chi connectivity index (χ1v) is 7.66. The third kappa shape index (κ3) is 2.74. The maximum atomic E-state index is 12.9. The molecule has 3 rings (SSSR count). The molecular formula is C16H21N5O. The molecule has 6 heteroatoms. The Bertz CT molecular complexity index is 640. The number of pyridine rings is 1. The number of nitrogens with zero attached hydrogens (tertiary/aromatic N) is 4. The minimum absolute atomic E-state index is 0.0331. The molecule has 2 N–H and O–H groups in total. The standard InChI is InChI=1S/C16H21N5O/c1-12-3-2-7-21(14(12)10-17)16(22)13-4-5-19-15(9-13)20-8-6-18-11-20/h4-6,8-9,11-12,14H,2-3,7,10,17H2,1H3. The maximum Gasteiger partial charge on any atom is 0.254 e. The first kappa shape index (κ1) is 14.7. The first-order valence-electron chi connectivity index (χ1n) is 7.66. The number of carbonyl (C=O) groups excluding carboxylic acids is 1. The van der Waals surface area contributed by atoms with Crippen molar-refractivity contribution in [1.29, 1.82) is 0 Å². The molecule has 2 unspecified atom stereocenters. The van der Waals surface area contributed by atoms with Crippen LogP contribution in [0.3, 0.4) is 0 Å². The van der Waals surface area contributed by atoms with Gasteiger partial charge in [0.2, 0.25) is 0 Å². The number of hydrogen-bond acceptors (Lipinski definition) is 4. The van der Waals surface area contributed by atoms with Crippen molar-refractivity contribution in [1.82, 2.24) is 19.4 Å². The van der Waals surface area contributed by atoms with Gasteiger partial charge in [-0.2, -0.15) is 0 Å². The van der Waals surface area contributed by atoms with Crippen molar-refractivity contribution in [2.75, 3.05) is 13.1 Å². The van der Waals surface area contributed by atoms with E-state index in [1.807, 2.05) is 11.1 Å². The number of aromatic nitrogens is 3. The number of rotatable bonds is 3. The van der Waals surface area contributed by atoms with Crippen LogP contribution >= 0.6 is 0 Å². The largest absolute Gasteiger partial charge is 0.334 e. The molecule has 0 saturated carbocycles. The van der Waals surface area contributed by atoms with Crippen molar-refractivity contribution in [3.05, 3.63) is 42.6 Å². The number of piperidine rings is 1. The number of hydrogen-bond donors (Lipinski definition) is 1. The summed E-state index contributed by atoms with van der Waals surface area (Å²) in [7, 11) is 0. The molecule has 1 aliphatic rings. The van der Waals surface area contributed by atoms with E-state index in [9.17, 15) is 4.79 Å². The number of amides is 1. The highest BCUT2D eigenvalue weighted by molar-refractivity contribution is 5.94. The third-order valence-corrected chi connectivity index (χ3v) is 4.38. The van der Waals surface area contributed by atoms with Crippen molar-refractivity contribution >= 4 is 5.91 Å². The van der Waals surface area contributed by atoms with Crippen molar-refractivity contribution in [3.8, 4) is 5.82 Å². The van der Waals surface area contributed by atoms with Crippen LogP contribution in [0.4, 0.5) is 0 Å². The first-order chi connectivity index (χ1) is 10.7. The molecule has 0 aromatic carbocycles. The Morgan fingerprint density at radius 3 is 3.05 bits per heavy atom. The summed E-state index contributed by atoms with van der Waals surface area (Å²) in [4.78, 5) is 23.1. The Hall–Kier alpha value is -2.21.